The van der Waals surface area contributed by atoms with Gasteiger partial charge in [-0.1, -0.05) is 56.1 Å². The number of aliphatic hydroxyl groups is 3. The van der Waals surface area contributed by atoms with Gasteiger partial charge in [-0.25, -0.2) is 0 Å². The Bertz CT molecular complexity index is 2130. The molecule has 0 aromatic heterocycles. The Hall–Kier alpha value is -5.04. The van der Waals surface area contributed by atoms with Crippen molar-refractivity contribution < 1.29 is 34.7 Å². The number of carbonyl (C=O) groups is 1. The molecule has 2 aromatic carbocycles. The number of hydrogen-bond donors (Lipinski definition) is 6. The Balaban J connectivity index is 1.16. The van der Waals surface area contributed by atoms with E-state index in [-0.39, 0.29) is 49.1 Å². The van der Waals surface area contributed by atoms with E-state index in [1.807, 2.05) is 37.5 Å². The van der Waals surface area contributed by atoms with E-state index < -0.39 is 35.9 Å². The fourth-order valence-corrected chi connectivity index (χ4v) is 8.93. The van der Waals surface area contributed by atoms with Gasteiger partial charge in [0.25, 0.3) is 0 Å². The number of ether oxygens (including phenoxy) is 2. The molecular formula is C44H48N4O7. The van der Waals surface area contributed by atoms with Crippen molar-refractivity contribution in [1.82, 2.24) is 10.2 Å². The van der Waals surface area contributed by atoms with Crippen LogP contribution in [0.4, 0.5) is 0 Å². The van der Waals surface area contributed by atoms with E-state index in [1.165, 1.54) is 6.07 Å². The molecular weight excluding hydrogens is 697 g/mol. The van der Waals surface area contributed by atoms with Crippen molar-refractivity contribution >= 4 is 17.6 Å². The van der Waals surface area contributed by atoms with E-state index in [2.05, 4.69) is 40.3 Å². The number of ketones is 1. The lowest BCUT2D eigenvalue weighted by Crippen LogP contribution is -2.47. The number of hydrogen-bond acceptors (Lipinski definition) is 11. The quantitative estimate of drug-likeness (QED) is 0.196. The van der Waals surface area contributed by atoms with Gasteiger partial charge in [-0.3, -0.25) is 9.79 Å². The highest BCUT2D eigenvalue weighted by Crippen LogP contribution is 2.49. The van der Waals surface area contributed by atoms with Gasteiger partial charge in [0.1, 0.15) is 29.9 Å². The van der Waals surface area contributed by atoms with Gasteiger partial charge in [-0.15, -0.1) is 0 Å². The first-order valence-corrected chi connectivity index (χ1v) is 19.5. The van der Waals surface area contributed by atoms with Crippen LogP contribution in [0.2, 0.25) is 0 Å². The molecule has 1 fully saturated rings. The van der Waals surface area contributed by atoms with E-state index in [9.17, 15) is 25.2 Å². The Labute approximate surface area is 321 Å². The van der Waals surface area contributed by atoms with Gasteiger partial charge >= 0.3 is 0 Å². The van der Waals surface area contributed by atoms with E-state index in [1.54, 1.807) is 6.07 Å². The highest BCUT2D eigenvalue weighted by atomic mass is 16.5. The first-order chi connectivity index (χ1) is 26.6. The predicted molar refractivity (Wildman–Crippen MR) is 207 cm³/mol. The number of fused-ring (bicyclic) bond motifs is 8. The van der Waals surface area contributed by atoms with Crippen LogP contribution in [0, 0.1) is 35.2 Å². The maximum absolute atomic E-state index is 12.9. The van der Waals surface area contributed by atoms with Crippen LogP contribution in [0.1, 0.15) is 105 Å². The first-order valence-electron chi connectivity index (χ1n) is 19.5. The van der Waals surface area contributed by atoms with E-state index in [4.69, 9.17) is 20.2 Å². The molecule has 0 saturated heterocycles. The fraction of sp³-hybridized carbons (Fsp3) is 0.455. The van der Waals surface area contributed by atoms with Crippen LogP contribution in [0.5, 0.6) is 17.2 Å². The molecule has 1 aliphatic carbocycles. The van der Waals surface area contributed by atoms with Gasteiger partial charge < -0.3 is 45.9 Å². The third-order valence-electron chi connectivity index (χ3n) is 11.8. The fourth-order valence-electron chi connectivity index (χ4n) is 8.93. The van der Waals surface area contributed by atoms with Crippen LogP contribution in [-0.2, 0) is 17.6 Å². The van der Waals surface area contributed by atoms with Crippen molar-refractivity contribution in [3.63, 3.8) is 0 Å². The number of nitrogens with zero attached hydrogens (tertiary/aromatic N) is 2. The number of benzene rings is 2. The molecule has 1 spiro atoms. The highest BCUT2D eigenvalue weighted by Gasteiger charge is 2.48. The van der Waals surface area contributed by atoms with Gasteiger partial charge in [0.15, 0.2) is 17.7 Å². The first kappa shape index (κ1) is 36.9. The zero-order chi connectivity index (χ0) is 38.3. The van der Waals surface area contributed by atoms with Crippen molar-refractivity contribution in [1.29, 1.82) is 0 Å². The average Bonchev–Trinajstić information content (AvgIpc) is 3.90. The van der Waals surface area contributed by atoms with Gasteiger partial charge in [-0.2, -0.15) is 0 Å². The van der Waals surface area contributed by atoms with Crippen LogP contribution >= 0.6 is 0 Å². The molecule has 5 heterocycles. The SMILES string of the molecule is CCC[C@H](O)C[C@@H](O)CC(=O)CCc1cc2c(cc1O)OC#CC1(CCCC1)[C@H]1C#C[C@H](O)c3ccc4c(c3CC3=CN=C5CN(C=C35)[C@H]1O2)C=CN[C@@H]4N. The standard InChI is InChI=1S/C44H48N4O7/c1-2-5-28(49)20-30(51)21-29(50)7-6-26-19-41-40(22-39(26)53)54-17-15-44(13-3-4-14-44)36-10-11-38(52)32-8-9-33-31(12-16-46-42(33)45)34(32)18-27-23-47-37-25-48(24-35(27)37)43(36)55-41/h8-9,12,16,19,22-24,28,30,36,38,42-43,46,49,51-53H,2-7,13-14,18,20-21,25,45H2,1H3/t28-,30+,36-,38-,42-,43-/m0/s1. The molecule has 6 aliphatic rings. The smallest absolute Gasteiger partial charge is 0.187 e. The molecule has 8 rings (SSSR count). The lowest BCUT2D eigenvalue weighted by molar-refractivity contribution is -0.121. The maximum atomic E-state index is 12.9. The number of allylic oxidation sites excluding steroid dienone is 1. The molecule has 2 aromatic rings. The summed E-state index contributed by atoms with van der Waals surface area (Å²) in [6, 6.07) is 7.05. The molecule has 7 N–H and O–H groups in total. The number of aliphatic imine (C=N–C) groups is 1. The molecule has 0 radical (unpaired) electrons. The number of nitrogens with two attached hydrogens (primary N) is 1. The minimum absolute atomic E-state index is 0.0572. The summed E-state index contributed by atoms with van der Waals surface area (Å²) in [5.41, 5.74) is 12.9. The number of phenols is 1. The topological polar surface area (TPSA) is 170 Å². The van der Waals surface area contributed by atoms with Crippen molar-refractivity contribution in [2.75, 3.05) is 6.54 Å². The number of aliphatic hydroxyl groups excluding tert-OH is 3. The van der Waals surface area contributed by atoms with Crippen LogP contribution in [0.15, 0.2) is 59.0 Å². The summed E-state index contributed by atoms with van der Waals surface area (Å²) in [5.74, 6) is 10.1. The summed E-state index contributed by atoms with van der Waals surface area (Å²) in [7, 11) is 0. The molecule has 0 unspecified atom stereocenters. The maximum Gasteiger partial charge on any atom is 0.187 e. The lowest BCUT2D eigenvalue weighted by Gasteiger charge is -2.39. The number of Topliss-reactive ketones (excluding diaryl/α,β-unsaturated/α-hetero) is 1. The summed E-state index contributed by atoms with van der Waals surface area (Å²) >= 11 is 0. The van der Waals surface area contributed by atoms with Gasteiger partial charge in [-0.05, 0) is 83.8 Å². The minimum Gasteiger partial charge on any atom is -0.508 e. The number of aromatic hydroxyl groups is 1. The van der Waals surface area contributed by atoms with Gasteiger partial charge in [0, 0.05) is 43.3 Å². The second kappa shape index (κ2) is 15.2. The van der Waals surface area contributed by atoms with Crippen LogP contribution in [0.3, 0.4) is 0 Å². The van der Waals surface area contributed by atoms with Gasteiger partial charge in [0.05, 0.1) is 35.8 Å². The highest BCUT2D eigenvalue weighted by molar-refractivity contribution is 6.09. The summed E-state index contributed by atoms with van der Waals surface area (Å²) in [5, 5.41) is 46.6. The third-order valence-corrected chi connectivity index (χ3v) is 11.8. The number of nitrogens with one attached hydrogen (secondary N) is 1. The van der Waals surface area contributed by atoms with Gasteiger partial charge in [0.2, 0.25) is 0 Å². The molecule has 0 amide bonds. The van der Waals surface area contributed by atoms with Crippen LogP contribution in [-0.4, -0.2) is 61.8 Å². The van der Waals surface area contributed by atoms with E-state index in [0.717, 1.165) is 71.2 Å². The second-order valence-electron chi connectivity index (χ2n) is 15.6. The van der Waals surface area contributed by atoms with Crippen molar-refractivity contribution in [2.24, 2.45) is 22.1 Å². The number of aryl methyl sites for hydroxylation is 1. The summed E-state index contributed by atoms with van der Waals surface area (Å²) in [6.07, 6.45) is 12.8. The zero-order valence-electron chi connectivity index (χ0n) is 31.1. The molecule has 2 bridgehead atoms. The molecule has 1 saturated carbocycles. The molecule has 11 nitrogen and oxygen atoms in total. The van der Waals surface area contributed by atoms with Crippen molar-refractivity contribution in [3.05, 3.63) is 81.8 Å². The minimum atomic E-state index is -1.10. The van der Waals surface area contributed by atoms with E-state index >= 15 is 0 Å². The summed E-state index contributed by atoms with van der Waals surface area (Å²) < 4.78 is 13.0. The van der Waals surface area contributed by atoms with Crippen LogP contribution in [0.25, 0.3) is 6.08 Å². The Morgan fingerprint density at radius 1 is 1.15 bits per heavy atom. The number of carbonyl (C=O) groups excluding carboxylic acids is 1. The van der Waals surface area contributed by atoms with Crippen LogP contribution < -0.4 is 20.5 Å². The number of phenolic OH excluding ortho intramolecular Hbond substituents is 1. The predicted octanol–water partition coefficient (Wildman–Crippen LogP) is 4.79. The molecule has 5 aliphatic heterocycles. The molecule has 55 heavy (non-hydrogen) atoms. The zero-order valence-corrected chi connectivity index (χ0v) is 31.1. The third kappa shape index (κ3) is 7.26. The Morgan fingerprint density at radius 3 is 2.78 bits per heavy atom. The second-order valence-corrected chi connectivity index (χ2v) is 15.6. The monoisotopic (exact) mass is 744 g/mol. The molecule has 11 heteroatoms. The lowest BCUT2D eigenvalue weighted by atomic mass is 9.73. The summed E-state index contributed by atoms with van der Waals surface area (Å²) in [4.78, 5) is 19.9. The molecule has 286 valence electrons. The number of rotatable bonds is 9. The largest absolute Gasteiger partial charge is 0.508 e. The molecule has 6 atom stereocenters. The van der Waals surface area contributed by atoms with Crippen molar-refractivity contribution in [2.45, 2.75) is 108 Å². The van der Waals surface area contributed by atoms with E-state index in [0.29, 0.717) is 30.7 Å². The van der Waals surface area contributed by atoms with Crippen molar-refractivity contribution in [3.8, 4) is 41.1 Å². The average molecular weight is 745 g/mol. The Kier molecular flexibility index (Phi) is 10.2. The Morgan fingerprint density at radius 2 is 1.96 bits per heavy atom. The summed E-state index contributed by atoms with van der Waals surface area (Å²) in [6.45, 7) is 2.43. The normalized spacial score (nSPS) is 24.9.